The lowest BCUT2D eigenvalue weighted by Crippen LogP contribution is -2.67. The lowest BCUT2D eigenvalue weighted by molar-refractivity contribution is -0.214. The molecule has 1 amide bonds. The molecule has 45 heavy (non-hydrogen) atoms. The highest BCUT2D eigenvalue weighted by Gasteiger charge is 2.84. The van der Waals surface area contributed by atoms with Crippen molar-refractivity contribution in [3.63, 3.8) is 0 Å². The number of cyclic esters (lactones) is 1. The third kappa shape index (κ3) is 4.84. The zero-order chi connectivity index (χ0) is 33.3. The van der Waals surface area contributed by atoms with Crippen molar-refractivity contribution in [2.75, 3.05) is 13.7 Å². The fourth-order valence-electron chi connectivity index (χ4n) is 8.94. The maximum atomic E-state index is 13.6. The summed E-state index contributed by atoms with van der Waals surface area (Å²) in [5, 5.41) is 2.85. The Bertz CT molecular complexity index is 1400. The third-order valence-corrected chi connectivity index (χ3v) is 11.4. The molecule has 0 aromatic rings. The van der Waals surface area contributed by atoms with E-state index in [2.05, 4.69) is 11.9 Å². The van der Waals surface area contributed by atoms with Crippen molar-refractivity contribution in [3.8, 4) is 0 Å². The van der Waals surface area contributed by atoms with Crippen LogP contribution in [0.3, 0.4) is 0 Å². The van der Waals surface area contributed by atoms with E-state index in [1.807, 2.05) is 26.8 Å². The summed E-state index contributed by atoms with van der Waals surface area (Å²) in [5.74, 6) is -4.73. The van der Waals surface area contributed by atoms with Crippen molar-refractivity contribution in [2.45, 2.75) is 97.2 Å². The standard InChI is InChI=1S/C34H45NO10/c1-10-17(2)30(40)43-28-27(42-19(4)36)26(32(7)13-11-24(37)45-31(5,6)22(32)16-25(38)41-9)18(3)34-23(44-34)15-21(33(28,34)8)20-12-14-35-29(20)39/h11-13,17,21-23,26-28H,3,10,14-16H2,1-2,4-9H3,(H,35,39)/t17?,21-,22-,23+,26?,27+,28-,32-,33+,34+/m0/s1. The van der Waals surface area contributed by atoms with Gasteiger partial charge in [-0.15, -0.1) is 0 Å². The number of hydrogen-bond donors (Lipinski definition) is 1. The zero-order valence-electron chi connectivity index (χ0n) is 27.4. The molecular weight excluding hydrogens is 582 g/mol. The second kappa shape index (κ2) is 11.1. The van der Waals surface area contributed by atoms with Crippen molar-refractivity contribution in [3.05, 3.63) is 36.0 Å². The number of nitrogens with one attached hydrogen (secondary N) is 1. The van der Waals surface area contributed by atoms with Crippen LogP contribution in [0.4, 0.5) is 0 Å². The van der Waals surface area contributed by atoms with Crippen LogP contribution in [0.15, 0.2) is 36.0 Å². The van der Waals surface area contributed by atoms with E-state index in [4.69, 9.17) is 23.7 Å². The molecule has 3 fully saturated rings. The van der Waals surface area contributed by atoms with E-state index in [0.717, 1.165) is 0 Å². The minimum Gasteiger partial charge on any atom is -0.469 e. The number of rotatable bonds is 8. The molecule has 3 aliphatic heterocycles. The van der Waals surface area contributed by atoms with Gasteiger partial charge < -0.3 is 29.0 Å². The smallest absolute Gasteiger partial charge is 0.330 e. The van der Waals surface area contributed by atoms with Crippen molar-refractivity contribution in [1.82, 2.24) is 5.32 Å². The number of carbonyl (C=O) groups is 5. The van der Waals surface area contributed by atoms with Crippen molar-refractivity contribution >= 4 is 29.8 Å². The lowest BCUT2D eigenvalue weighted by atomic mass is 9.48. The predicted octanol–water partition coefficient (Wildman–Crippen LogP) is 3.36. The monoisotopic (exact) mass is 627 g/mol. The van der Waals surface area contributed by atoms with E-state index < -0.39 is 81.8 Å². The van der Waals surface area contributed by atoms with Crippen LogP contribution < -0.4 is 5.32 Å². The molecule has 0 aromatic carbocycles. The fraction of sp³-hybridized carbons (Fsp3) is 0.676. The molecule has 3 heterocycles. The first-order valence-electron chi connectivity index (χ1n) is 15.7. The minimum absolute atomic E-state index is 0.129. The lowest BCUT2D eigenvalue weighted by Gasteiger charge is -2.58. The fourth-order valence-corrected chi connectivity index (χ4v) is 8.94. The van der Waals surface area contributed by atoms with Crippen molar-refractivity contribution < 1.29 is 47.7 Å². The van der Waals surface area contributed by atoms with Gasteiger partial charge in [0.05, 0.1) is 31.0 Å². The quantitative estimate of drug-likeness (QED) is 0.184. The summed E-state index contributed by atoms with van der Waals surface area (Å²) in [7, 11) is 1.29. The topological polar surface area (TPSA) is 147 Å². The molecule has 0 radical (unpaired) electrons. The number of hydrogen-bond acceptors (Lipinski definition) is 10. The summed E-state index contributed by atoms with van der Waals surface area (Å²) >= 11 is 0. The minimum atomic E-state index is -1.18. The van der Waals surface area contributed by atoms with Gasteiger partial charge in [0.2, 0.25) is 5.91 Å². The Balaban J connectivity index is 1.75. The number of epoxide rings is 1. The molecule has 246 valence electrons. The van der Waals surface area contributed by atoms with E-state index in [1.165, 1.54) is 20.1 Å². The van der Waals surface area contributed by atoms with Gasteiger partial charge >= 0.3 is 23.9 Å². The van der Waals surface area contributed by atoms with E-state index >= 15 is 0 Å². The molecule has 11 nitrogen and oxygen atoms in total. The first kappa shape index (κ1) is 32.9. The summed E-state index contributed by atoms with van der Waals surface area (Å²) in [4.78, 5) is 65.4. The molecular formula is C34H45NO10. The zero-order valence-corrected chi connectivity index (χ0v) is 27.4. The van der Waals surface area contributed by atoms with Crippen LogP contribution in [0.1, 0.15) is 67.7 Å². The molecule has 2 saturated carbocycles. The number of methoxy groups -OCH3 is 1. The second-order valence-corrected chi connectivity index (χ2v) is 14.1. The summed E-state index contributed by atoms with van der Waals surface area (Å²) in [6, 6.07) is 0. The second-order valence-electron chi connectivity index (χ2n) is 14.1. The Kier molecular flexibility index (Phi) is 8.12. The van der Waals surface area contributed by atoms with Crippen LogP contribution in [0, 0.1) is 34.5 Å². The Morgan fingerprint density at radius 2 is 1.84 bits per heavy atom. The first-order chi connectivity index (χ1) is 21.0. The molecule has 10 atom stereocenters. The van der Waals surface area contributed by atoms with Crippen LogP contribution in [-0.2, 0) is 47.7 Å². The average molecular weight is 628 g/mol. The molecule has 0 bridgehead atoms. The molecule has 2 unspecified atom stereocenters. The average Bonchev–Trinajstić information content (AvgIpc) is 3.48. The Labute approximate surface area is 264 Å². The molecule has 1 N–H and O–H groups in total. The number of amides is 1. The highest BCUT2D eigenvalue weighted by molar-refractivity contribution is 5.96. The first-order valence-corrected chi connectivity index (χ1v) is 15.7. The van der Waals surface area contributed by atoms with Crippen LogP contribution in [0.25, 0.3) is 0 Å². The Hall–Kier alpha value is -3.47. The van der Waals surface area contributed by atoms with Crippen LogP contribution >= 0.6 is 0 Å². The van der Waals surface area contributed by atoms with Crippen LogP contribution in [0.2, 0.25) is 0 Å². The largest absolute Gasteiger partial charge is 0.469 e. The maximum absolute atomic E-state index is 13.6. The molecule has 11 heteroatoms. The Morgan fingerprint density at radius 3 is 2.42 bits per heavy atom. The van der Waals surface area contributed by atoms with Crippen molar-refractivity contribution in [1.29, 1.82) is 0 Å². The van der Waals surface area contributed by atoms with Gasteiger partial charge in [-0.2, -0.15) is 0 Å². The normalized spacial score (nSPS) is 40.2. The number of ether oxygens (including phenoxy) is 5. The predicted molar refractivity (Wildman–Crippen MR) is 160 cm³/mol. The molecule has 2 aliphatic carbocycles. The maximum Gasteiger partial charge on any atom is 0.330 e. The number of carbonyl (C=O) groups excluding carboxylic acids is 5. The third-order valence-electron chi connectivity index (χ3n) is 11.4. The number of allylic oxidation sites excluding steroid dienone is 1. The van der Waals surface area contributed by atoms with Gasteiger partial charge in [0, 0.05) is 48.3 Å². The molecule has 0 aromatic heterocycles. The SMILES string of the molecule is C=C1C([C@@]2(C)C=CC(=O)OC(C)(C)[C@@H]2CC(=O)OC)[C@@H](OC(C)=O)[C@H](OC(=O)C(C)CC)[C@@]2(C)[C@H](C3=CCNC3=O)C[C@H]3O[C@]132. The van der Waals surface area contributed by atoms with Crippen LogP contribution in [0.5, 0.6) is 0 Å². The Morgan fingerprint density at radius 1 is 1.16 bits per heavy atom. The molecule has 1 saturated heterocycles. The summed E-state index contributed by atoms with van der Waals surface area (Å²) < 4.78 is 30.1. The van der Waals surface area contributed by atoms with E-state index in [-0.39, 0.29) is 18.4 Å². The van der Waals surface area contributed by atoms with Crippen molar-refractivity contribution in [2.24, 2.45) is 34.5 Å². The van der Waals surface area contributed by atoms with E-state index in [1.54, 1.807) is 26.8 Å². The van der Waals surface area contributed by atoms with Gasteiger partial charge in [-0.25, -0.2) is 4.79 Å². The van der Waals surface area contributed by atoms with Gasteiger partial charge in [0.1, 0.15) is 23.4 Å². The molecule has 5 rings (SSSR count). The van der Waals surface area contributed by atoms with Crippen LogP contribution in [-0.4, -0.2) is 73.0 Å². The summed E-state index contributed by atoms with van der Waals surface area (Å²) in [6.07, 6.45) is 3.19. The molecule has 5 aliphatic rings. The van der Waals surface area contributed by atoms with Gasteiger partial charge in [-0.3, -0.25) is 19.2 Å². The van der Waals surface area contributed by atoms with E-state index in [0.29, 0.717) is 30.5 Å². The summed E-state index contributed by atoms with van der Waals surface area (Å²) in [6.45, 7) is 17.2. The highest BCUT2D eigenvalue weighted by Crippen LogP contribution is 2.75. The number of esters is 4. The van der Waals surface area contributed by atoms with Gasteiger partial charge in [-0.1, -0.05) is 46.4 Å². The van der Waals surface area contributed by atoms with Gasteiger partial charge in [-0.05, 0) is 32.3 Å². The highest BCUT2D eigenvalue weighted by atomic mass is 16.6. The summed E-state index contributed by atoms with van der Waals surface area (Å²) in [5.41, 5.74) is -3.24. The van der Waals surface area contributed by atoms with Gasteiger partial charge in [0.15, 0.2) is 0 Å². The van der Waals surface area contributed by atoms with Gasteiger partial charge in [0.25, 0.3) is 0 Å². The van der Waals surface area contributed by atoms with E-state index in [9.17, 15) is 24.0 Å². The molecule has 1 spiro atoms.